The van der Waals surface area contributed by atoms with Crippen LogP contribution in [0, 0.1) is 5.92 Å². The highest BCUT2D eigenvalue weighted by molar-refractivity contribution is 9.10. The van der Waals surface area contributed by atoms with Crippen molar-refractivity contribution in [1.29, 1.82) is 0 Å². The molecule has 18 heavy (non-hydrogen) atoms. The van der Waals surface area contributed by atoms with E-state index in [9.17, 15) is 18.0 Å². The first-order valence-corrected chi connectivity index (χ1v) is 6.26. The molecule has 0 spiro atoms. The number of carbonyl (C=O) groups excluding carboxylic acids is 1. The van der Waals surface area contributed by atoms with Crippen molar-refractivity contribution in [2.45, 2.75) is 12.6 Å². The Morgan fingerprint density at radius 2 is 2.06 bits per heavy atom. The number of nitrogens with zero attached hydrogens (tertiary/aromatic N) is 1. The minimum atomic E-state index is -4.75. The van der Waals surface area contributed by atoms with E-state index >= 15 is 0 Å². The Kier molecular flexibility index (Phi) is 3.66. The molecule has 2 nitrogen and oxygen atoms in total. The molecule has 98 valence electrons. The Labute approximate surface area is 111 Å². The molecule has 1 aliphatic rings. The third kappa shape index (κ3) is 3.04. The molecule has 1 aliphatic heterocycles. The standard InChI is InChI=1S/C12H11BrF3NO/c13-10-3-1-2-8(5-10)4-9-6-17(7-9)11(18)12(14,15)16/h1-3,5,9H,4,6-7H2. The fraction of sp³-hybridized carbons (Fsp3) is 0.417. The molecule has 0 aliphatic carbocycles. The third-order valence-corrected chi connectivity index (χ3v) is 3.39. The predicted octanol–water partition coefficient (Wildman–Crippen LogP) is 3.01. The quantitative estimate of drug-likeness (QED) is 0.820. The van der Waals surface area contributed by atoms with Crippen molar-refractivity contribution in [2.75, 3.05) is 13.1 Å². The molecule has 1 saturated heterocycles. The van der Waals surface area contributed by atoms with Gasteiger partial charge in [-0.3, -0.25) is 4.79 Å². The van der Waals surface area contributed by atoms with E-state index in [1.54, 1.807) is 0 Å². The Hall–Kier alpha value is -1.04. The Morgan fingerprint density at radius 1 is 1.39 bits per heavy atom. The van der Waals surface area contributed by atoms with E-state index in [4.69, 9.17) is 0 Å². The summed E-state index contributed by atoms with van der Waals surface area (Å²) in [5, 5.41) is 0. The number of benzene rings is 1. The molecule has 0 saturated carbocycles. The van der Waals surface area contributed by atoms with Crippen molar-refractivity contribution in [3.05, 3.63) is 34.3 Å². The highest BCUT2D eigenvalue weighted by Gasteiger charge is 2.46. The van der Waals surface area contributed by atoms with Gasteiger partial charge in [0.25, 0.3) is 0 Å². The van der Waals surface area contributed by atoms with Crippen molar-refractivity contribution in [3.63, 3.8) is 0 Å². The van der Waals surface area contributed by atoms with Crippen LogP contribution in [0.15, 0.2) is 28.7 Å². The van der Waals surface area contributed by atoms with Crippen LogP contribution in [0.25, 0.3) is 0 Å². The van der Waals surface area contributed by atoms with Crippen LogP contribution in [-0.2, 0) is 11.2 Å². The second kappa shape index (κ2) is 4.91. The maximum Gasteiger partial charge on any atom is 0.471 e. The molecule has 0 atom stereocenters. The van der Waals surface area contributed by atoms with Crippen LogP contribution in [0.5, 0.6) is 0 Å². The molecule has 1 amide bonds. The number of alkyl halides is 3. The van der Waals surface area contributed by atoms with Gasteiger partial charge >= 0.3 is 12.1 Å². The molecule has 1 aromatic carbocycles. The predicted molar refractivity (Wildman–Crippen MR) is 64.0 cm³/mol. The summed E-state index contributed by atoms with van der Waals surface area (Å²) in [5.74, 6) is -1.61. The fourth-order valence-corrected chi connectivity index (χ4v) is 2.49. The molecular weight excluding hydrogens is 311 g/mol. The summed E-state index contributed by atoms with van der Waals surface area (Å²) in [6.45, 7) is 0.371. The second-order valence-corrected chi connectivity index (χ2v) is 5.32. The highest BCUT2D eigenvalue weighted by Crippen LogP contribution is 2.27. The Balaban J connectivity index is 1.85. The lowest BCUT2D eigenvalue weighted by atomic mass is 9.92. The molecule has 0 N–H and O–H groups in total. The summed E-state index contributed by atoms with van der Waals surface area (Å²) in [5.41, 5.74) is 1.06. The van der Waals surface area contributed by atoms with E-state index in [1.807, 2.05) is 24.3 Å². The molecule has 1 fully saturated rings. The Morgan fingerprint density at radius 3 is 2.61 bits per heavy atom. The van der Waals surface area contributed by atoms with Crippen molar-refractivity contribution >= 4 is 21.8 Å². The van der Waals surface area contributed by atoms with E-state index in [1.165, 1.54) is 0 Å². The molecule has 2 rings (SSSR count). The zero-order valence-corrected chi connectivity index (χ0v) is 11.0. The number of rotatable bonds is 2. The minimum absolute atomic E-state index is 0.116. The lowest BCUT2D eigenvalue weighted by Gasteiger charge is -2.39. The SMILES string of the molecule is O=C(N1CC(Cc2cccc(Br)c2)C1)C(F)(F)F. The summed E-state index contributed by atoms with van der Waals surface area (Å²) in [6.07, 6.45) is -4.05. The largest absolute Gasteiger partial charge is 0.471 e. The van der Waals surface area contributed by atoms with E-state index in [0.717, 1.165) is 14.9 Å². The Bertz CT molecular complexity index is 455. The maximum atomic E-state index is 12.1. The van der Waals surface area contributed by atoms with E-state index in [0.29, 0.717) is 6.42 Å². The van der Waals surface area contributed by atoms with Crippen LogP contribution in [0.2, 0.25) is 0 Å². The summed E-state index contributed by atoms with van der Waals surface area (Å²) in [4.78, 5) is 11.7. The first-order valence-electron chi connectivity index (χ1n) is 5.47. The summed E-state index contributed by atoms with van der Waals surface area (Å²) in [7, 11) is 0. The van der Waals surface area contributed by atoms with Crippen LogP contribution < -0.4 is 0 Å². The molecule has 1 aromatic rings. The van der Waals surface area contributed by atoms with Crippen molar-refractivity contribution < 1.29 is 18.0 Å². The van der Waals surface area contributed by atoms with Gasteiger partial charge < -0.3 is 4.90 Å². The van der Waals surface area contributed by atoms with Crippen LogP contribution in [0.4, 0.5) is 13.2 Å². The zero-order valence-electron chi connectivity index (χ0n) is 9.38. The highest BCUT2D eigenvalue weighted by atomic mass is 79.9. The van der Waals surface area contributed by atoms with Crippen molar-refractivity contribution in [3.8, 4) is 0 Å². The van der Waals surface area contributed by atoms with E-state index in [-0.39, 0.29) is 19.0 Å². The smallest absolute Gasteiger partial charge is 0.334 e. The molecule has 0 unspecified atom stereocenters. The molecule has 1 heterocycles. The zero-order chi connectivity index (χ0) is 13.3. The average molecular weight is 322 g/mol. The summed E-state index contributed by atoms with van der Waals surface area (Å²) < 4.78 is 37.3. The number of likely N-dealkylation sites (tertiary alicyclic amines) is 1. The lowest BCUT2D eigenvalue weighted by Crippen LogP contribution is -2.54. The van der Waals surface area contributed by atoms with Crippen molar-refractivity contribution in [1.82, 2.24) is 4.90 Å². The van der Waals surface area contributed by atoms with Crippen LogP contribution in [0.3, 0.4) is 0 Å². The number of hydrogen-bond acceptors (Lipinski definition) is 1. The minimum Gasteiger partial charge on any atom is -0.334 e. The topological polar surface area (TPSA) is 20.3 Å². The van der Waals surface area contributed by atoms with Gasteiger partial charge in [-0.05, 0) is 30.0 Å². The molecule has 0 aromatic heterocycles. The van der Waals surface area contributed by atoms with E-state index < -0.39 is 12.1 Å². The maximum absolute atomic E-state index is 12.1. The monoisotopic (exact) mass is 321 g/mol. The normalized spacial score (nSPS) is 16.6. The van der Waals surface area contributed by atoms with Crippen LogP contribution in [-0.4, -0.2) is 30.1 Å². The van der Waals surface area contributed by atoms with Gasteiger partial charge in [-0.1, -0.05) is 28.1 Å². The number of amides is 1. The van der Waals surface area contributed by atoms with Gasteiger partial charge in [-0.2, -0.15) is 13.2 Å². The van der Waals surface area contributed by atoms with Gasteiger partial charge in [-0.15, -0.1) is 0 Å². The molecule has 6 heteroatoms. The molecular formula is C12H11BrF3NO. The van der Waals surface area contributed by atoms with Crippen LogP contribution >= 0.6 is 15.9 Å². The first kappa shape index (κ1) is 13.4. The van der Waals surface area contributed by atoms with Gasteiger partial charge in [0.2, 0.25) is 0 Å². The van der Waals surface area contributed by atoms with E-state index in [2.05, 4.69) is 15.9 Å². The third-order valence-electron chi connectivity index (χ3n) is 2.90. The van der Waals surface area contributed by atoms with Crippen molar-refractivity contribution in [2.24, 2.45) is 5.92 Å². The first-order chi connectivity index (χ1) is 8.36. The number of hydrogen-bond donors (Lipinski definition) is 0. The van der Waals surface area contributed by atoms with Gasteiger partial charge in [0, 0.05) is 17.6 Å². The van der Waals surface area contributed by atoms with Gasteiger partial charge in [-0.25, -0.2) is 0 Å². The van der Waals surface area contributed by atoms with Gasteiger partial charge in [0.1, 0.15) is 0 Å². The van der Waals surface area contributed by atoms with Gasteiger partial charge in [0.15, 0.2) is 0 Å². The summed E-state index contributed by atoms with van der Waals surface area (Å²) >= 11 is 3.34. The van der Waals surface area contributed by atoms with Gasteiger partial charge in [0.05, 0.1) is 0 Å². The van der Waals surface area contributed by atoms with Crippen LogP contribution in [0.1, 0.15) is 5.56 Å². The fourth-order valence-electron chi connectivity index (χ4n) is 2.04. The molecule has 0 radical (unpaired) electrons. The summed E-state index contributed by atoms with van der Waals surface area (Å²) in [6, 6.07) is 7.65. The average Bonchev–Trinajstić information content (AvgIpc) is 2.20. The lowest BCUT2D eigenvalue weighted by molar-refractivity contribution is -0.191. The number of carbonyl (C=O) groups is 1. The second-order valence-electron chi connectivity index (χ2n) is 4.41. The molecule has 0 bridgehead atoms. The number of halogens is 4.